The molecule has 0 bridgehead atoms. The van der Waals surface area contributed by atoms with Crippen LogP contribution in [0.1, 0.15) is 77.7 Å². The Morgan fingerprint density at radius 2 is 1.56 bits per heavy atom. The van der Waals surface area contributed by atoms with Gasteiger partial charge in [0.1, 0.15) is 5.75 Å². The molecule has 1 heterocycles. The molecule has 148 valence electrons. The summed E-state index contributed by atoms with van der Waals surface area (Å²) in [5.41, 5.74) is 3.53. The molecule has 0 aliphatic rings. The Morgan fingerprint density at radius 3 is 2.19 bits per heavy atom. The highest BCUT2D eigenvalue weighted by Gasteiger charge is 2.03. The fourth-order valence-corrected chi connectivity index (χ4v) is 3.11. The SMILES string of the molecule is CCCCCCCCCc1ccc(-c2ccc(OCC(C)CC)cc2)nc1. The Balaban J connectivity index is 1.75. The first-order chi connectivity index (χ1) is 13.2. The van der Waals surface area contributed by atoms with Crippen LogP contribution < -0.4 is 4.74 Å². The number of aryl methyl sites for hydroxylation is 1. The van der Waals surface area contributed by atoms with E-state index in [1.807, 2.05) is 18.3 Å². The lowest BCUT2D eigenvalue weighted by molar-refractivity contribution is 0.256. The maximum atomic E-state index is 5.83. The Bertz CT molecular complexity index is 618. The van der Waals surface area contributed by atoms with E-state index in [9.17, 15) is 0 Å². The van der Waals surface area contributed by atoms with Gasteiger partial charge in [0.05, 0.1) is 12.3 Å². The van der Waals surface area contributed by atoms with Gasteiger partial charge in [0, 0.05) is 11.8 Å². The lowest BCUT2D eigenvalue weighted by atomic mass is 10.0. The van der Waals surface area contributed by atoms with Crippen molar-refractivity contribution in [3.05, 3.63) is 48.2 Å². The molecular formula is C25H37NO. The molecular weight excluding hydrogens is 330 g/mol. The van der Waals surface area contributed by atoms with Crippen LogP contribution in [0.2, 0.25) is 0 Å². The largest absolute Gasteiger partial charge is 0.493 e. The lowest BCUT2D eigenvalue weighted by Gasteiger charge is -2.11. The number of hydrogen-bond donors (Lipinski definition) is 0. The van der Waals surface area contributed by atoms with Crippen molar-refractivity contribution < 1.29 is 4.74 Å². The van der Waals surface area contributed by atoms with E-state index in [1.165, 1.54) is 50.5 Å². The normalized spacial score (nSPS) is 12.1. The van der Waals surface area contributed by atoms with Crippen LogP contribution in [0.4, 0.5) is 0 Å². The first kappa shape index (κ1) is 21.5. The molecule has 0 aliphatic carbocycles. The van der Waals surface area contributed by atoms with Crippen molar-refractivity contribution in [1.82, 2.24) is 4.98 Å². The summed E-state index contributed by atoms with van der Waals surface area (Å²) in [5, 5.41) is 0. The number of unbranched alkanes of at least 4 members (excludes halogenated alkanes) is 6. The molecule has 2 aromatic rings. The van der Waals surface area contributed by atoms with Gasteiger partial charge >= 0.3 is 0 Å². The van der Waals surface area contributed by atoms with Crippen LogP contribution in [-0.4, -0.2) is 11.6 Å². The van der Waals surface area contributed by atoms with Gasteiger partial charge in [0.15, 0.2) is 0 Å². The molecule has 1 atom stereocenters. The summed E-state index contributed by atoms with van der Waals surface area (Å²) < 4.78 is 5.83. The molecule has 0 spiro atoms. The molecule has 0 saturated carbocycles. The predicted molar refractivity (Wildman–Crippen MR) is 116 cm³/mol. The van der Waals surface area contributed by atoms with E-state index in [4.69, 9.17) is 4.74 Å². The molecule has 0 amide bonds. The molecule has 1 aromatic heterocycles. The highest BCUT2D eigenvalue weighted by molar-refractivity contribution is 5.60. The molecule has 0 saturated heterocycles. The molecule has 0 aliphatic heterocycles. The van der Waals surface area contributed by atoms with Crippen LogP contribution in [0.15, 0.2) is 42.6 Å². The Morgan fingerprint density at radius 1 is 0.852 bits per heavy atom. The smallest absolute Gasteiger partial charge is 0.119 e. The minimum absolute atomic E-state index is 0.593. The fourth-order valence-electron chi connectivity index (χ4n) is 3.11. The third kappa shape index (κ3) is 8.15. The molecule has 27 heavy (non-hydrogen) atoms. The molecule has 1 unspecified atom stereocenters. The van der Waals surface area contributed by atoms with Gasteiger partial charge in [-0.1, -0.05) is 71.8 Å². The summed E-state index contributed by atoms with van der Waals surface area (Å²) in [6.07, 6.45) is 13.8. The van der Waals surface area contributed by atoms with Gasteiger partial charge in [0.25, 0.3) is 0 Å². The number of hydrogen-bond acceptors (Lipinski definition) is 2. The van der Waals surface area contributed by atoms with Gasteiger partial charge < -0.3 is 4.74 Å². The predicted octanol–water partition coefficient (Wildman–Crippen LogP) is 7.47. The van der Waals surface area contributed by atoms with E-state index in [1.54, 1.807) is 0 Å². The summed E-state index contributed by atoms with van der Waals surface area (Å²) in [5.74, 6) is 1.53. The number of pyridine rings is 1. The molecule has 2 heteroatoms. The van der Waals surface area contributed by atoms with E-state index in [-0.39, 0.29) is 0 Å². The number of benzene rings is 1. The van der Waals surface area contributed by atoms with Gasteiger partial charge in [-0.2, -0.15) is 0 Å². The number of aromatic nitrogens is 1. The van der Waals surface area contributed by atoms with Crippen molar-refractivity contribution in [3.8, 4) is 17.0 Å². The van der Waals surface area contributed by atoms with Crippen LogP contribution in [-0.2, 0) is 6.42 Å². The lowest BCUT2D eigenvalue weighted by Crippen LogP contribution is -2.06. The summed E-state index contributed by atoms with van der Waals surface area (Å²) in [6, 6.07) is 12.7. The monoisotopic (exact) mass is 367 g/mol. The van der Waals surface area contributed by atoms with E-state index in [0.717, 1.165) is 36.5 Å². The maximum absolute atomic E-state index is 5.83. The Hall–Kier alpha value is -1.83. The Kier molecular flexibility index (Phi) is 9.97. The first-order valence-corrected chi connectivity index (χ1v) is 10.9. The maximum Gasteiger partial charge on any atom is 0.119 e. The molecule has 2 nitrogen and oxygen atoms in total. The van der Waals surface area contributed by atoms with Crippen molar-refractivity contribution in [2.75, 3.05) is 6.61 Å². The standard InChI is InChI=1S/C25H37NO/c1-4-6-7-8-9-10-11-12-22-13-18-25(26-19-22)23-14-16-24(17-15-23)27-20-21(3)5-2/h13-19,21H,4-12,20H2,1-3H3. The zero-order valence-electron chi connectivity index (χ0n) is 17.5. The van der Waals surface area contributed by atoms with Gasteiger partial charge in [-0.05, 0) is 54.7 Å². The summed E-state index contributed by atoms with van der Waals surface area (Å²) >= 11 is 0. The van der Waals surface area contributed by atoms with Crippen molar-refractivity contribution >= 4 is 0 Å². The van der Waals surface area contributed by atoms with E-state index in [0.29, 0.717) is 5.92 Å². The third-order valence-electron chi connectivity index (χ3n) is 5.28. The average Bonchev–Trinajstić information content (AvgIpc) is 2.72. The highest BCUT2D eigenvalue weighted by Crippen LogP contribution is 2.22. The second-order valence-corrected chi connectivity index (χ2v) is 7.77. The fraction of sp³-hybridized carbons (Fsp3) is 0.560. The Labute approximate surface area is 166 Å². The van der Waals surface area contributed by atoms with Gasteiger partial charge in [-0.3, -0.25) is 4.98 Å². The minimum Gasteiger partial charge on any atom is -0.493 e. The molecule has 1 aromatic carbocycles. The summed E-state index contributed by atoms with van der Waals surface area (Å²) in [7, 11) is 0. The summed E-state index contributed by atoms with van der Waals surface area (Å²) in [6.45, 7) is 7.46. The molecule has 0 radical (unpaired) electrons. The van der Waals surface area contributed by atoms with Crippen LogP contribution in [0.3, 0.4) is 0 Å². The van der Waals surface area contributed by atoms with Gasteiger partial charge in [-0.25, -0.2) is 0 Å². The first-order valence-electron chi connectivity index (χ1n) is 10.9. The summed E-state index contributed by atoms with van der Waals surface area (Å²) in [4.78, 5) is 4.66. The molecule has 0 N–H and O–H groups in total. The average molecular weight is 368 g/mol. The van der Waals surface area contributed by atoms with E-state index >= 15 is 0 Å². The van der Waals surface area contributed by atoms with Crippen molar-refractivity contribution in [1.29, 1.82) is 0 Å². The zero-order chi connectivity index (χ0) is 19.3. The van der Waals surface area contributed by atoms with E-state index in [2.05, 4.69) is 50.0 Å². The quantitative estimate of drug-likeness (QED) is 0.343. The topological polar surface area (TPSA) is 22.1 Å². The minimum atomic E-state index is 0.593. The second kappa shape index (κ2) is 12.5. The van der Waals surface area contributed by atoms with Crippen molar-refractivity contribution in [2.24, 2.45) is 5.92 Å². The zero-order valence-corrected chi connectivity index (χ0v) is 17.5. The second-order valence-electron chi connectivity index (χ2n) is 7.77. The van der Waals surface area contributed by atoms with Gasteiger partial charge in [0.2, 0.25) is 0 Å². The van der Waals surface area contributed by atoms with E-state index < -0.39 is 0 Å². The third-order valence-corrected chi connectivity index (χ3v) is 5.28. The number of ether oxygens (including phenoxy) is 1. The number of rotatable bonds is 13. The van der Waals surface area contributed by atoms with Crippen LogP contribution in [0, 0.1) is 5.92 Å². The van der Waals surface area contributed by atoms with Gasteiger partial charge in [-0.15, -0.1) is 0 Å². The van der Waals surface area contributed by atoms with Crippen LogP contribution in [0.5, 0.6) is 5.75 Å². The number of nitrogens with zero attached hydrogens (tertiary/aromatic N) is 1. The molecule has 2 rings (SSSR count). The molecule has 0 fully saturated rings. The van der Waals surface area contributed by atoms with Crippen LogP contribution in [0.25, 0.3) is 11.3 Å². The highest BCUT2D eigenvalue weighted by atomic mass is 16.5. The van der Waals surface area contributed by atoms with Crippen LogP contribution >= 0.6 is 0 Å². The van der Waals surface area contributed by atoms with Crippen molar-refractivity contribution in [3.63, 3.8) is 0 Å². The van der Waals surface area contributed by atoms with Crippen molar-refractivity contribution in [2.45, 2.75) is 78.6 Å².